The lowest BCUT2D eigenvalue weighted by molar-refractivity contribution is 0.0730. The number of hydrogen-bond acceptors (Lipinski definition) is 5. The number of anilines is 1. The molecule has 0 saturated carbocycles. The first kappa shape index (κ1) is 20.5. The first-order valence-electron chi connectivity index (χ1n) is 9.71. The molecule has 0 radical (unpaired) electrons. The van der Waals surface area contributed by atoms with Crippen molar-refractivity contribution in [2.45, 2.75) is 18.7 Å². The standard InChI is InChI=1S/C22H23N3O4S/c1-15-13-16(2)21-19(14-15)20(7-8-23-21)24-22(26)17-3-5-18(6-4-17)30(27,28)25-9-11-29-12-10-25/h3-8,13-14H,9-12H2,1-2H3,(H,23,24,26). The number of fused-ring (bicyclic) bond motifs is 1. The van der Waals surface area contributed by atoms with Gasteiger partial charge in [0.15, 0.2) is 0 Å². The molecule has 30 heavy (non-hydrogen) atoms. The van der Waals surface area contributed by atoms with E-state index in [4.69, 9.17) is 4.74 Å². The summed E-state index contributed by atoms with van der Waals surface area (Å²) in [5.74, 6) is -0.308. The van der Waals surface area contributed by atoms with Crippen LogP contribution < -0.4 is 5.32 Å². The average molecular weight is 426 g/mol. The topological polar surface area (TPSA) is 88.6 Å². The van der Waals surface area contributed by atoms with Gasteiger partial charge in [0.2, 0.25) is 10.0 Å². The lowest BCUT2D eigenvalue weighted by Crippen LogP contribution is -2.40. The first-order valence-corrected chi connectivity index (χ1v) is 11.2. The van der Waals surface area contributed by atoms with Crippen LogP contribution in [0.15, 0.2) is 53.6 Å². The second-order valence-electron chi connectivity index (χ2n) is 7.33. The Morgan fingerprint density at radius 3 is 2.47 bits per heavy atom. The predicted molar refractivity (Wildman–Crippen MR) is 115 cm³/mol. The monoisotopic (exact) mass is 425 g/mol. The molecular formula is C22H23N3O4S. The molecule has 2 aromatic carbocycles. The fraction of sp³-hybridized carbons (Fsp3) is 0.273. The maximum absolute atomic E-state index is 12.8. The Kier molecular flexibility index (Phi) is 5.55. The van der Waals surface area contributed by atoms with Crippen LogP contribution >= 0.6 is 0 Å². The molecule has 0 bridgehead atoms. The van der Waals surface area contributed by atoms with Gasteiger partial charge < -0.3 is 10.1 Å². The van der Waals surface area contributed by atoms with Crippen molar-refractivity contribution in [2.75, 3.05) is 31.6 Å². The van der Waals surface area contributed by atoms with Gasteiger partial charge >= 0.3 is 0 Å². The normalized spacial score (nSPS) is 15.3. The molecule has 1 aliphatic heterocycles. The molecule has 1 aliphatic rings. The molecule has 0 unspecified atom stereocenters. The predicted octanol–water partition coefficient (Wildman–Crippen LogP) is 3.12. The highest BCUT2D eigenvalue weighted by molar-refractivity contribution is 7.89. The molecular weight excluding hydrogens is 402 g/mol. The number of aromatic nitrogens is 1. The minimum absolute atomic E-state index is 0.168. The molecule has 2 heterocycles. The van der Waals surface area contributed by atoms with Crippen LogP contribution in [0.3, 0.4) is 0 Å². The van der Waals surface area contributed by atoms with Crippen molar-refractivity contribution < 1.29 is 17.9 Å². The summed E-state index contributed by atoms with van der Waals surface area (Å²) < 4.78 is 32.1. The number of nitrogens with zero attached hydrogens (tertiary/aromatic N) is 2. The number of hydrogen-bond donors (Lipinski definition) is 1. The zero-order valence-corrected chi connectivity index (χ0v) is 17.7. The number of benzene rings is 2. The van der Waals surface area contributed by atoms with Crippen molar-refractivity contribution in [2.24, 2.45) is 0 Å². The van der Waals surface area contributed by atoms with Gasteiger partial charge in [-0.1, -0.05) is 11.6 Å². The number of sulfonamides is 1. The molecule has 0 spiro atoms. The SMILES string of the molecule is Cc1cc(C)c2nccc(NC(=O)c3ccc(S(=O)(=O)N4CCOCC4)cc3)c2c1. The molecule has 4 rings (SSSR count). The summed E-state index contributed by atoms with van der Waals surface area (Å²) in [7, 11) is -3.59. The maximum Gasteiger partial charge on any atom is 0.255 e. The highest BCUT2D eigenvalue weighted by Gasteiger charge is 2.26. The third-order valence-electron chi connectivity index (χ3n) is 5.15. The Morgan fingerprint density at radius 2 is 1.77 bits per heavy atom. The van der Waals surface area contributed by atoms with E-state index >= 15 is 0 Å². The number of pyridine rings is 1. The Hall–Kier alpha value is -2.81. The number of nitrogens with one attached hydrogen (secondary N) is 1. The van der Waals surface area contributed by atoms with Gasteiger partial charge in [0.1, 0.15) is 0 Å². The summed E-state index contributed by atoms with van der Waals surface area (Å²) in [4.78, 5) is 17.4. The van der Waals surface area contributed by atoms with Gasteiger partial charge in [0, 0.05) is 30.2 Å². The van der Waals surface area contributed by atoms with Crippen LogP contribution in [0, 0.1) is 13.8 Å². The molecule has 156 valence electrons. The van der Waals surface area contributed by atoms with Gasteiger partial charge in [-0.05, 0) is 55.8 Å². The number of morpholine rings is 1. The third kappa shape index (κ3) is 3.94. The van der Waals surface area contributed by atoms with Crippen molar-refractivity contribution >= 4 is 32.5 Å². The van der Waals surface area contributed by atoms with Crippen LogP contribution in [0.5, 0.6) is 0 Å². The quantitative estimate of drug-likeness (QED) is 0.694. The van der Waals surface area contributed by atoms with Gasteiger partial charge in [-0.3, -0.25) is 9.78 Å². The minimum Gasteiger partial charge on any atom is -0.379 e. The summed E-state index contributed by atoms with van der Waals surface area (Å²) >= 11 is 0. The van der Waals surface area contributed by atoms with Crippen molar-refractivity contribution in [3.05, 3.63) is 65.4 Å². The highest BCUT2D eigenvalue weighted by Crippen LogP contribution is 2.26. The molecule has 8 heteroatoms. The summed E-state index contributed by atoms with van der Waals surface area (Å²) in [5.41, 5.74) is 4.01. The number of carbonyl (C=O) groups is 1. The number of carbonyl (C=O) groups excluding carboxylic acids is 1. The van der Waals surface area contributed by atoms with E-state index in [2.05, 4.69) is 16.4 Å². The molecule has 7 nitrogen and oxygen atoms in total. The van der Waals surface area contributed by atoms with E-state index in [0.29, 0.717) is 37.6 Å². The van der Waals surface area contributed by atoms with E-state index in [9.17, 15) is 13.2 Å². The smallest absolute Gasteiger partial charge is 0.255 e. The summed E-state index contributed by atoms with van der Waals surface area (Å²) in [6.45, 7) is 5.42. The number of amides is 1. The van der Waals surface area contributed by atoms with Gasteiger partial charge in [-0.25, -0.2) is 8.42 Å². The van der Waals surface area contributed by atoms with E-state index < -0.39 is 10.0 Å². The van der Waals surface area contributed by atoms with Crippen LogP contribution in [-0.2, 0) is 14.8 Å². The molecule has 0 atom stereocenters. The second kappa shape index (κ2) is 8.14. The highest BCUT2D eigenvalue weighted by atomic mass is 32.2. The van der Waals surface area contributed by atoms with E-state index in [1.807, 2.05) is 19.9 Å². The van der Waals surface area contributed by atoms with Crippen LogP contribution in [0.2, 0.25) is 0 Å². The van der Waals surface area contributed by atoms with Crippen LogP contribution in [0.1, 0.15) is 21.5 Å². The van der Waals surface area contributed by atoms with Crippen molar-refractivity contribution in [1.82, 2.24) is 9.29 Å². The zero-order chi connectivity index (χ0) is 21.3. The molecule has 1 N–H and O–H groups in total. The Bertz CT molecular complexity index is 1200. The zero-order valence-electron chi connectivity index (χ0n) is 16.9. The maximum atomic E-state index is 12.8. The van der Waals surface area contributed by atoms with Crippen molar-refractivity contribution in [3.8, 4) is 0 Å². The molecule has 3 aromatic rings. The molecule has 1 saturated heterocycles. The second-order valence-corrected chi connectivity index (χ2v) is 9.27. The molecule has 1 aromatic heterocycles. The number of rotatable bonds is 4. The van der Waals surface area contributed by atoms with Crippen LogP contribution in [0.25, 0.3) is 10.9 Å². The fourth-order valence-corrected chi connectivity index (χ4v) is 5.04. The van der Waals surface area contributed by atoms with Crippen molar-refractivity contribution in [3.63, 3.8) is 0 Å². The summed E-state index contributed by atoms with van der Waals surface area (Å²) in [6, 6.07) is 11.8. The third-order valence-corrected chi connectivity index (χ3v) is 7.07. The summed E-state index contributed by atoms with van der Waals surface area (Å²) in [5, 5.41) is 3.79. The largest absolute Gasteiger partial charge is 0.379 e. The first-order chi connectivity index (χ1) is 14.4. The Balaban J connectivity index is 1.57. The molecule has 1 fully saturated rings. The minimum atomic E-state index is -3.59. The average Bonchev–Trinajstić information content (AvgIpc) is 2.75. The van der Waals surface area contributed by atoms with Gasteiger partial charge in [-0.2, -0.15) is 4.31 Å². The van der Waals surface area contributed by atoms with Gasteiger partial charge in [0.25, 0.3) is 5.91 Å². The van der Waals surface area contributed by atoms with E-state index in [1.54, 1.807) is 12.3 Å². The summed E-state index contributed by atoms with van der Waals surface area (Å²) in [6.07, 6.45) is 1.66. The van der Waals surface area contributed by atoms with Crippen LogP contribution in [-0.4, -0.2) is 49.9 Å². The lowest BCUT2D eigenvalue weighted by atomic mass is 10.1. The van der Waals surface area contributed by atoms with E-state index in [1.165, 1.54) is 28.6 Å². The lowest BCUT2D eigenvalue weighted by Gasteiger charge is -2.26. The Morgan fingerprint density at radius 1 is 1.07 bits per heavy atom. The molecule has 1 amide bonds. The molecule has 0 aliphatic carbocycles. The van der Waals surface area contributed by atoms with E-state index in [-0.39, 0.29) is 10.8 Å². The number of ether oxygens (including phenoxy) is 1. The van der Waals surface area contributed by atoms with Crippen molar-refractivity contribution in [1.29, 1.82) is 0 Å². The Labute approximate surface area is 175 Å². The fourth-order valence-electron chi connectivity index (χ4n) is 3.63. The van der Waals surface area contributed by atoms with Crippen LogP contribution in [0.4, 0.5) is 5.69 Å². The van der Waals surface area contributed by atoms with Gasteiger partial charge in [-0.15, -0.1) is 0 Å². The number of aryl methyl sites for hydroxylation is 2. The van der Waals surface area contributed by atoms with Gasteiger partial charge in [0.05, 0.1) is 29.3 Å². The van der Waals surface area contributed by atoms with E-state index in [0.717, 1.165) is 22.0 Å².